The monoisotopic (exact) mass is 440 g/mol. The van der Waals surface area contributed by atoms with Gasteiger partial charge in [-0.3, -0.25) is 9.69 Å². The zero-order valence-corrected chi connectivity index (χ0v) is 18.8. The maximum absolute atomic E-state index is 12.8. The van der Waals surface area contributed by atoms with Gasteiger partial charge in [0.05, 0.1) is 12.2 Å². The van der Waals surface area contributed by atoms with Crippen molar-refractivity contribution in [3.05, 3.63) is 69.5 Å². The molecule has 156 valence electrons. The van der Waals surface area contributed by atoms with Crippen molar-refractivity contribution in [1.82, 2.24) is 14.8 Å². The van der Waals surface area contributed by atoms with E-state index >= 15 is 0 Å². The highest BCUT2D eigenvalue weighted by Crippen LogP contribution is 2.24. The van der Waals surface area contributed by atoms with E-state index in [1.54, 1.807) is 11.3 Å². The second-order valence-electron chi connectivity index (χ2n) is 7.64. The molecule has 2 aromatic carbocycles. The maximum atomic E-state index is 12.8. The third-order valence-corrected chi connectivity index (χ3v) is 6.43. The summed E-state index contributed by atoms with van der Waals surface area (Å²) in [5, 5.41) is 3.92. The van der Waals surface area contributed by atoms with E-state index in [4.69, 9.17) is 16.6 Å². The fraction of sp³-hybridized carbons (Fsp3) is 0.304. The standard InChI is InChI=1S/C23H25ClN4OS/c1-26(2)20-9-5-18(6-10-20)23(29)28-13-11-27(12-14-28)15-22-25-21(16-30-22)17-3-7-19(24)8-4-17/h3-10,16H,11-15H2,1-2H3. The number of amides is 1. The van der Waals surface area contributed by atoms with E-state index in [-0.39, 0.29) is 5.91 Å². The Morgan fingerprint density at radius 3 is 2.33 bits per heavy atom. The lowest BCUT2D eigenvalue weighted by Gasteiger charge is -2.34. The Labute approximate surface area is 186 Å². The second-order valence-corrected chi connectivity index (χ2v) is 9.02. The second kappa shape index (κ2) is 9.16. The average molecular weight is 441 g/mol. The highest BCUT2D eigenvalue weighted by molar-refractivity contribution is 7.09. The van der Waals surface area contributed by atoms with E-state index in [0.29, 0.717) is 0 Å². The van der Waals surface area contributed by atoms with Gasteiger partial charge in [-0.1, -0.05) is 23.7 Å². The molecule has 1 aromatic heterocycles. The molecule has 0 unspecified atom stereocenters. The number of carbonyl (C=O) groups excluding carboxylic acids is 1. The molecule has 0 N–H and O–H groups in total. The van der Waals surface area contributed by atoms with E-state index in [9.17, 15) is 4.79 Å². The van der Waals surface area contributed by atoms with Crippen LogP contribution in [-0.4, -0.2) is 61.0 Å². The van der Waals surface area contributed by atoms with Crippen LogP contribution in [0.5, 0.6) is 0 Å². The van der Waals surface area contributed by atoms with E-state index in [2.05, 4.69) is 10.3 Å². The van der Waals surface area contributed by atoms with Crippen molar-refractivity contribution in [3.63, 3.8) is 0 Å². The summed E-state index contributed by atoms with van der Waals surface area (Å²) >= 11 is 7.65. The number of aromatic nitrogens is 1. The molecule has 0 radical (unpaired) electrons. The number of hydrogen-bond acceptors (Lipinski definition) is 5. The topological polar surface area (TPSA) is 39.7 Å². The van der Waals surface area contributed by atoms with Crippen molar-refractivity contribution in [2.24, 2.45) is 0 Å². The Balaban J connectivity index is 1.31. The number of halogens is 1. The van der Waals surface area contributed by atoms with Gasteiger partial charge in [0.15, 0.2) is 0 Å². The minimum absolute atomic E-state index is 0.110. The van der Waals surface area contributed by atoms with Crippen LogP contribution in [0.25, 0.3) is 11.3 Å². The minimum atomic E-state index is 0.110. The summed E-state index contributed by atoms with van der Waals surface area (Å²) in [5.74, 6) is 0.110. The summed E-state index contributed by atoms with van der Waals surface area (Å²) in [7, 11) is 3.99. The Kier molecular flexibility index (Phi) is 6.37. The molecular weight excluding hydrogens is 416 g/mol. The summed E-state index contributed by atoms with van der Waals surface area (Å²) < 4.78 is 0. The summed E-state index contributed by atoms with van der Waals surface area (Å²) in [6, 6.07) is 15.6. The van der Waals surface area contributed by atoms with Gasteiger partial charge in [0.2, 0.25) is 0 Å². The Morgan fingerprint density at radius 1 is 1.03 bits per heavy atom. The van der Waals surface area contributed by atoms with Gasteiger partial charge in [-0.15, -0.1) is 11.3 Å². The quantitative estimate of drug-likeness (QED) is 0.586. The zero-order chi connectivity index (χ0) is 21.1. The van der Waals surface area contributed by atoms with Crippen molar-refractivity contribution in [2.75, 3.05) is 45.2 Å². The van der Waals surface area contributed by atoms with Crippen LogP contribution >= 0.6 is 22.9 Å². The molecule has 30 heavy (non-hydrogen) atoms. The fourth-order valence-corrected chi connectivity index (χ4v) is 4.49. The van der Waals surface area contributed by atoms with Crippen LogP contribution in [0.3, 0.4) is 0 Å². The predicted octanol–water partition coefficient (Wildman–Crippen LogP) is 4.49. The number of anilines is 1. The number of thiazole rings is 1. The molecular formula is C23H25ClN4OS. The van der Waals surface area contributed by atoms with Crippen LogP contribution in [0.2, 0.25) is 5.02 Å². The van der Waals surface area contributed by atoms with E-state index in [1.165, 1.54) is 0 Å². The first kappa shape index (κ1) is 20.8. The van der Waals surface area contributed by atoms with Crippen molar-refractivity contribution < 1.29 is 4.79 Å². The Morgan fingerprint density at radius 2 is 1.70 bits per heavy atom. The molecule has 1 aliphatic heterocycles. The first-order valence-corrected chi connectivity index (χ1v) is 11.2. The lowest BCUT2D eigenvalue weighted by atomic mass is 10.1. The Hall–Kier alpha value is -2.41. The maximum Gasteiger partial charge on any atom is 0.253 e. The molecule has 2 heterocycles. The number of rotatable bonds is 5. The number of piperazine rings is 1. The summed E-state index contributed by atoms with van der Waals surface area (Å²) in [6.07, 6.45) is 0. The van der Waals surface area contributed by atoms with Crippen molar-refractivity contribution >= 4 is 34.5 Å². The smallest absolute Gasteiger partial charge is 0.253 e. The number of nitrogens with zero attached hydrogens (tertiary/aromatic N) is 4. The fourth-order valence-electron chi connectivity index (χ4n) is 3.52. The molecule has 1 aliphatic rings. The van der Waals surface area contributed by atoms with Crippen molar-refractivity contribution in [1.29, 1.82) is 0 Å². The zero-order valence-electron chi connectivity index (χ0n) is 17.2. The van der Waals surface area contributed by atoms with Crippen LogP contribution in [0.1, 0.15) is 15.4 Å². The van der Waals surface area contributed by atoms with E-state index in [1.807, 2.05) is 72.4 Å². The molecule has 0 spiro atoms. The first-order chi connectivity index (χ1) is 14.5. The van der Waals surface area contributed by atoms with Gasteiger partial charge in [-0.25, -0.2) is 4.98 Å². The van der Waals surface area contributed by atoms with Crippen LogP contribution in [-0.2, 0) is 6.54 Å². The SMILES string of the molecule is CN(C)c1ccc(C(=O)N2CCN(Cc3nc(-c4ccc(Cl)cc4)cs3)CC2)cc1. The average Bonchev–Trinajstić information content (AvgIpc) is 3.23. The van der Waals surface area contributed by atoms with Gasteiger partial charge < -0.3 is 9.80 Å². The molecule has 0 atom stereocenters. The number of benzene rings is 2. The third-order valence-electron chi connectivity index (χ3n) is 5.34. The van der Waals surface area contributed by atoms with Gasteiger partial charge in [0.1, 0.15) is 5.01 Å². The van der Waals surface area contributed by atoms with E-state index in [0.717, 1.165) is 65.3 Å². The van der Waals surface area contributed by atoms with Gasteiger partial charge in [-0.2, -0.15) is 0 Å². The van der Waals surface area contributed by atoms with Gasteiger partial charge in [-0.05, 0) is 36.4 Å². The molecule has 3 aromatic rings. The van der Waals surface area contributed by atoms with Crippen LogP contribution < -0.4 is 4.90 Å². The van der Waals surface area contributed by atoms with Crippen LogP contribution in [0.15, 0.2) is 53.9 Å². The van der Waals surface area contributed by atoms with Crippen molar-refractivity contribution in [3.8, 4) is 11.3 Å². The lowest BCUT2D eigenvalue weighted by Crippen LogP contribution is -2.48. The van der Waals surface area contributed by atoms with Crippen LogP contribution in [0, 0.1) is 0 Å². The largest absolute Gasteiger partial charge is 0.378 e. The molecule has 1 amide bonds. The summed E-state index contributed by atoms with van der Waals surface area (Å²) in [6.45, 7) is 4.01. The van der Waals surface area contributed by atoms with Gasteiger partial charge in [0, 0.05) is 67.5 Å². The van der Waals surface area contributed by atoms with Crippen LogP contribution in [0.4, 0.5) is 5.69 Å². The minimum Gasteiger partial charge on any atom is -0.378 e. The molecule has 7 heteroatoms. The molecule has 5 nitrogen and oxygen atoms in total. The Bertz CT molecular complexity index is 993. The molecule has 0 saturated carbocycles. The van der Waals surface area contributed by atoms with E-state index < -0.39 is 0 Å². The normalized spacial score (nSPS) is 14.7. The highest BCUT2D eigenvalue weighted by Gasteiger charge is 2.23. The molecule has 4 rings (SSSR count). The predicted molar refractivity (Wildman–Crippen MR) is 125 cm³/mol. The summed E-state index contributed by atoms with van der Waals surface area (Å²) in [5.41, 5.74) is 3.92. The number of carbonyl (C=O) groups is 1. The lowest BCUT2D eigenvalue weighted by molar-refractivity contribution is 0.0628. The molecule has 0 bridgehead atoms. The summed E-state index contributed by atoms with van der Waals surface area (Å²) in [4.78, 5) is 23.9. The molecule has 0 aliphatic carbocycles. The highest BCUT2D eigenvalue weighted by atomic mass is 35.5. The first-order valence-electron chi connectivity index (χ1n) is 9.99. The number of hydrogen-bond donors (Lipinski definition) is 0. The van der Waals surface area contributed by atoms with Crippen molar-refractivity contribution in [2.45, 2.75) is 6.54 Å². The molecule has 1 saturated heterocycles. The van der Waals surface area contributed by atoms with Gasteiger partial charge >= 0.3 is 0 Å². The third kappa shape index (κ3) is 4.83. The molecule has 1 fully saturated rings. The van der Waals surface area contributed by atoms with Gasteiger partial charge in [0.25, 0.3) is 5.91 Å².